The summed E-state index contributed by atoms with van der Waals surface area (Å²) in [5.74, 6) is -0.391. The Hall–Kier alpha value is -3.67. The number of nitrogens with one attached hydrogen (secondary N) is 1. The van der Waals surface area contributed by atoms with E-state index in [9.17, 15) is 14.0 Å². The maximum atomic E-state index is 12.9. The molecule has 0 aliphatic rings. The van der Waals surface area contributed by atoms with Crippen LogP contribution in [0.2, 0.25) is 0 Å². The van der Waals surface area contributed by atoms with Crippen LogP contribution in [0.25, 0.3) is 6.08 Å². The summed E-state index contributed by atoms with van der Waals surface area (Å²) in [4.78, 5) is 24.3. The van der Waals surface area contributed by atoms with Gasteiger partial charge in [0.15, 0.2) is 5.75 Å². The number of aromatic nitrogens is 1. The number of halogens is 1. The van der Waals surface area contributed by atoms with Gasteiger partial charge in [-0.15, -0.1) is 0 Å². The summed E-state index contributed by atoms with van der Waals surface area (Å²) in [6, 6.07) is 16.9. The van der Waals surface area contributed by atoms with E-state index in [0.29, 0.717) is 17.9 Å². The lowest BCUT2D eigenvalue weighted by molar-refractivity contribution is -0.116. The molecule has 0 aliphatic carbocycles. The van der Waals surface area contributed by atoms with Gasteiger partial charge in [0.1, 0.15) is 12.4 Å². The molecule has 1 aromatic heterocycles. The molecular weight excluding hydrogens is 371 g/mol. The Morgan fingerprint density at radius 3 is 2.59 bits per heavy atom. The fourth-order valence-corrected chi connectivity index (χ4v) is 2.65. The predicted molar refractivity (Wildman–Crippen MR) is 110 cm³/mol. The van der Waals surface area contributed by atoms with Gasteiger partial charge >= 0.3 is 0 Å². The molecule has 3 aromatic rings. The van der Waals surface area contributed by atoms with E-state index >= 15 is 0 Å². The molecule has 0 saturated carbocycles. The van der Waals surface area contributed by atoms with E-state index in [4.69, 9.17) is 4.74 Å². The minimum absolute atomic E-state index is 0.192. The summed E-state index contributed by atoms with van der Waals surface area (Å²) in [6.45, 7) is 0.498. The zero-order valence-corrected chi connectivity index (χ0v) is 16.0. The first-order valence-electron chi connectivity index (χ1n) is 9.09. The monoisotopic (exact) mass is 392 g/mol. The van der Waals surface area contributed by atoms with Crippen LogP contribution in [-0.4, -0.2) is 10.5 Å². The quantitative estimate of drug-likeness (QED) is 0.627. The Balaban J connectivity index is 1.58. The molecule has 148 valence electrons. The van der Waals surface area contributed by atoms with Gasteiger partial charge in [0.25, 0.3) is 0 Å². The number of rotatable bonds is 7. The summed E-state index contributed by atoms with van der Waals surface area (Å²) < 4.78 is 20.3. The standard InChI is InChI=1S/C23H21FN2O3/c1-26-15-22(29-16-18-5-3-2-4-6-18)21(27)13-20(26)14-25-23(28)12-9-17-7-10-19(24)11-8-17/h2-13,15H,14,16H2,1H3,(H,25,28)/b12-9+. The van der Waals surface area contributed by atoms with Crippen molar-refractivity contribution in [3.63, 3.8) is 0 Å². The molecule has 0 bridgehead atoms. The number of benzene rings is 2. The fraction of sp³-hybridized carbons (Fsp3) is 0.130. The molecule has 1 N–H and O–H groups in total. The van der Waals surface area contributed by atoms with E-state index in [1.807, 2.05) is 30.3 Å². The Bertz CT molecular complexity index is 1060. The first-order valence-corrected chi connectivity index (χ1v) is 9.09. The van der Waals surface area contributed by atoms with Gasteiger partial charge in [-0.25, -0.2) is 4.39 Å². The van der Waals surface area contributed by atoms with Crippen LogP contribution in [0.1, 0.15) is 16.8 Å². The zero-order chi connectivity index (χ0) is 20.6. The summed E-state index contributed by atoms with van der Waals surface area (Å²) in [7, 11) is 1.78. The molecule has 0 radical (unpaired) electrons. The highest BCUT2D eigenvalue weighted by Gasteiger charge is 2.07. The van der Waals surface area contributed by atoms with Crippen molar-refractivity contribution in [2.45, 2.75) is 13.2 Å². The van der Waals surface area contributed by atoms with Crippen LogP contribution in [-0.2, 0) is 25.0 Å². The molecule has 5 nitrogen and oxygen atoms in total. The minimum atomic E-state index is -0.330. The van der Waals surface area contributed by atoms with Gasteiger partial charge in [-0.3, -0.25) is 9.59 Å². The Labute approximate surface area is 168 Å². The van der Waals surface area contributed by atoms with Crippen LogP contribution >= 0.6 is 0 Å². The average molecular weight is 392 g/mol. The Kier molecular flexibility index (Phi) is 6.58. The largest absolute Gasteiger partial charge is 0.483 e. The molecule has 0 atom stereocenters. The number of nitrogens with zero attached hydrogens (tertiary/aromatic N) is 1. The summed E-state index contributed by atoms with van der Waals surface area (Å²) in [6.07, 6.45) is 4.57. The van der Waals surface area contributed by atoms with Crippen molar-refractivity contribution in [2.75, 3.05) is 0 Å². The van der Waals surface area contributed by atoms with Crippen LogP contribution < -0.4 is 15.5 Å². The molecule has 0 aliphatic heterocycles. The first kappa shape index (κ1) is 20.1. The van der Waals surface area contributed by atoms with E-state index < -0.39 is 0 Å². The second-order valence-corrected chi connectivity index (χ2v) is 6.48. The van der Waals surface area contributed by atoms with Gasteiger partial charge in [-0.2, -0.15) is 0 Å². The van der Waals surface area contributed by atoms with Gasteiger partial charge in [0, 0.05) is 24.9 Å². The maximum Gasteiger partial charge on any atom is 0.244 e. The highest BCUT2D eigenvalue weighted by Crippen LogP contribution is 2.09. The van der Waals surface area contributed by atoms with Crippen LogP contribution in [0.5, 0.6) is 5.75 Å². The molecule has 29 heavy (non-hydrogen) atoms. The highest BCUT2D eigenvalue weighted by atomic mass is 19.1. The van der Waals surface area contributed by atoms with Crippen LogP contribution in [0.15, 0.2) is 77.7 Å². The van der Waals surface area contributed by atoms with Gasteiger partial charge in [-0.1, -0.05) is 42.5 Å². The number of carbonyl (C=O) groups is 1. The Morgan fingerprint density at radius 1 is 1.14 bits per heavy atom. The number of carbonyl (C=O) groups excluding carboxylic acids is 1. The zero-order valence-electron chi connectivity index (χ0n) is 16.0. The predicted octanol–water partition coefficient (Wildman–Crippen LogP) is 3.43. The van der Waals surface area contributed by atoms with Crippen LogP contribution in [0.3, 0.4) is 0 Å². The number of pyridine rings is 1. The van der Waals surface area contributed by atoms with Crippen molar-refractivity contribution in [1.29, 1.82) is 0 Å². The van der Waals surface area contributed by atoms with Crippen molar-refractivity contribution in [1.82, 2.24) is 9.88 Å². The fourth-order valence-electron chi connectivity index (χ4n) is 2.65. The molecule has 0 saturated heterocycles. The lowest BCUT2D eigenvalue weighted by atomic mass is 10.2. The first-order chi connectivity index (χ1) is 14.0. The highest BCUT2D eigenvalue weighted by molar-refractivity contribution is 5.91. The van der Waals surface area contributed by atoms with Crippen molar-refractivity contribution in [2.24, 2.45) is 7.05 Å². The Morgan fingerprint density at radius 2 is 1.86 bits per heavy atom. The van der Waals surface area contributed by atoms with Gasteiger partial charge in [0.05, 0.1) is 12.7 Å². The van der Waals surface area contributed by atoms with Crippen molar-refractivity contribution in [3.8, 4) is 5.75 Å². The molecule has 1 heterocycles. The van der Waals surface area contributed by atoms with Crippen molar-refractivity contribution >= 4 is 12.0 Å². The van der Waals surface area contributed by atoms with E-state index in [1.165, 1.54) is 24.3 Å². The smallest absolute Gasteiger partial charge is 0.244 e. The number of ether oxygens (including phenoxy) is 1. The molecule has 1 amide bonds. The molecular formula is C23H21FN2O3. The molecule has 6 heteroatoms. The topological polar surface area (TPSA) is 60.3 Å². The number of hydrogen-bond donors (Lipinski definition) is 1. The van der Waals surface area contributed by atoms with E-state index in [2.05, 4.69) is 5.32 Å². The number of aryl methyl sites for hydroxylation is 1. The third-order valence-electron chi connectivity index (χ3n) is 4.28. The number of hydrogen-bond acceptors (Lipinski definition) is 3. The number of amides is 1. The molecule has 0 spiro atoms. The van der Waals surface area contributed by atoms with Crippen molar-refractivity contribution in [3.05, 3.63) is 106 Å². The SMILES string of the molecule is Cn1cc(OCc2ccccc2)c(=O)cc1CNC(=O)/C=C/c1ccc(F)cc1. The third-order valence-corrected chi connectivity index (χ3v) is 4.28. The van der Waals surface area contributed by atoms with E-state index in [0.717, 1.165) is 5.56 Å². The van der Waals surface area contributed by atoms with Gasteiger partial charge in [-0.05, 0) is 29.3 Å². The second kappa shape index (κ2) is 9.50. The van der Waals surface area contributed by atoms with Crippen molar-refractivity contribution < 1.29 is 13.9 Å². The lowest BCUT2D eigenvalue weighted by Crippen LogP contribution is -2.24. The van der Waals surface area contributed by atoms with Gasteiger partial charge in [0.2, 0.25) is 11.3 Å². The van der Waals surface area contributed by atoms with Gasteiger partial charge < -0.3 is 14.6 Å². The molecule has 2 aromatic carbocycles. The molecule has 0 unspecified atom stereocenters. The molecule has 3 rings (SSSR count). The summed E-state index contributed by atoms with van der Waals surface area (Å²) in [5, 5.41) is 2.73. The maximum absolute atomic E-state index is 12.9. The summed E-state index contributed by atoms with van der Waals surface area (Å²) >= 11 is 0. The van der Waals surface area contributed by atoms with E-state index in [1.54, 1.807) is 36.0 Å². The molecule has 0 fully saturated rings. The minimum Gasteiger partial charge on any atom is -0.483 e. The van der Waals surface area contributed by atoms with E-state index in [-0.39, 0.29) is 29.4 Å². The van der Waals surface area contributed by atoms with Crippen LogP contribution in [0.4, 0.5) is 4.39 Å². The third kappa shape index (κ3) is 5.90. The second-order valence-electron chi connectivity index (χ2n) is 6.48. The lowest BCUT2D eigenvalue weighted by Gasteiger charge is -2.12. The normalized spacial score (nSPS) is 10.8. The summed E-state index contributed by atoms with van der Waals surface area (Å²) in [5.41, 5.74) is 2.09. The average Bonchev–Trinajstić information content (AvgIpc) is 2.73. The van der Waals surface area contributed by atoms with Crippen LogP contribution in [0, 0.1) is 5.82 Å².